The van der Waals surface area contributed by atoms with Gasteiger partial charge in [-0.25, -0.2) is 43.8 Å². The molecular formula is C26H44N6O7. The van der Waals surface area contributed by atoms with Crippen molar-refractivity contribution in [3.63, 3.8) is 0 Å². The third kappa shape index (κ3) is 19.3. The summed E-state index contributed by atoms with van der Waals surface area (Å²) in [5, 5.41) is 5.59. The maximum Gasteiger partial charge on any atom is 0.417 e. The lowest BCUT2D eigenvalue weighted by atomic mass is 10.2. The molecule has 0 saturated carbocycles. The number of nitrogens with zero attached hydrogens (tertiary/aromatic N) is 5. The Morgan fingerprint density at radius 3 is 1.77 bits per heavy atom. The molecule has 220 valence electrons. The number of urea groups is 2. The molecule has 0 aromatic rings. The lowest BCUT2D eigenvalue weighted by Gasteiger charge is -2.28. The van der Waals surface area contributed by atoms with Crippen LogP contribution in [0.5, 0.6) is 0 Å². The number of hydrogen-bond acceptors (Lipinski definition) is 10. The van der Waals surface area contributed by atoms with Crippen LogP contribution in [0.2, 0.25) is 0 Å². The maximum atomic E-state index is 13.4. The highest BCUT2D eigenvalue weighted by Crippen LogP contribution is 2.11. The van der Waals surface area contributed by atoms with E-state index in [4.69, 9.17) is 4.74 Å². The van der Waals surface area contributed by atoms with Gasteiger partial charge in [0, 0.05) is 19.6 Å². The molecule has 0 radical (unpaired) electrons. The number of amides is 5. The minimum Gasteiger partial charge on any atom is -0.449 e. The second-order valence-electron chi connectivity index (χ2n) is 8.97. The number of imide groups is 2. The predicted octanol–water partition coefficient (Wildman–Crippen LogP) is 5.09. The van der Waals surface area contributed by atoms with Crippen molar-refractivity contribution in [2.75, 3.05) is 45.9 Å². The van der Waals surface area contributed by atoms with Gasteiger partial charge in [0.2, 0.25) is 12.2 Å². The Balaban J connectivity index is 5.20. The molecule has 0 aliphatic rings. The molecule has 0 aromatic carbocycles. The molecule has 0 aliphatic heterocycles. The fourth-order valence-corrected chi connectivity index (χ4v) is 3.63. The Hall–Kier alpha value is -3.43. The zero-order chi connectivity index (χ0) is 29.0. The van der Waals surface area contributed by atoms with Crippen LogP contribution in [0.15, 0.2) is 15.2 Å². The summed E-state index contributed by atoms with van der Waals surface area (Å²) in [6.07, 6.45) is 11.2. The Morgan fingerprint density at radius 1 is 0.718 bits per heavy atom. The number of isocyanates is 2. The van der Waals surface area contributed by atoms with Crippen LogP contribution in [0.1, 0.15) is 90.4 Å². The Bertz CT molecular complexity index is 798. The highest BCUT2D eigenvalue weighted by molar-refractivity contribution is 6.00. The van der Waals surface area contributed by atoms with Gasteiger partial charge in [0.25, 0.3) is 0 Å². The van der Waals surface area contributed by atoms with Gasteiger partial charge in [-0.1, -0.05) is 50.6 Å². The van der Waals surface area contributed by atoms with E-state index in [-0.39, 0.29) is 26.2 Å². The molecule has 5 amide bonds. The summed E-state index contributed by atoms with van der Waals surface area (Å²) < 4.78 is 5.22. The lowest BCUT2D eigenvalue weighted by molar-refractivity contribution is 0.1000. The minimum atomic E-state index is -0.791. The molecule has 0 atom stereocenters. The smallest absolute Gasteiger partial charge is 0.417 e. The number of nitroso groups, excluding NO2 is 1. The Kier molecular flexibility index (Phi) is 23.9. The van der Waals surface area contributed by atoms with Crippen molar-refractivity contribution >= 4 is 30.3 Å². The van der Waals surface area contributed by atoms with Gasteiger partial charge in [0.15, 0.2) is 0 Å². The molecule has 0 spiro atoms. The Morgan fingerprint density at radius 2 is 1.23 bits per heavy atom. The molecule has 0 aliphatic carbocycles. The number of nitrogens with one attached hydrogen (secondary N) is 1. The van der Waals surface area contributed by atoms with Crippen molar-refractivity contribution < 1.29 is 28.7 Å². The number of carbonyl (C=O) groups is 3. The highest BCUT2D eigenvalue weighted by atomic mass is 16.6. The second-order valence-corrected chi connectivity index (χ2v) is 8.97. The third-order valence-electron chi connectivity index (χ3n) is 5.74. The van der Waals surface area contributed by atoms with Crippen LogP contribution in [0.3, 0.4) is 0 Å². The fourth-order valence-electron chi connectivity index (χ4n) is 3.63. The molecule has 0 heterocycles. The van der Waals surface area contributed by atoms with Crippen LogP contribution in [0.4, 0.5) is 14.4 Å². The van der Waals surface area contributed by atoms with Crippen LogP contribution >= 0.6 is 0 Å². The molecule has 39 heavy (non-hydrogen) atoms. The molecular weight excluding hydrogens is 508 g/mol. The molecule has 0 aromatic heterocycles. The summed E-state index contributed by atoms with van der Waals surface area (Å²) in [5.41, 5.74) is 0. The summed E-state index contributed by atoms with van der Waals surface area (Å²) in [6, 6.07) is -1.32. The number of hydrogen-bond donors (Lipinski definition) is 1. The van der Waals surface area contributed by atoms with Crippen LogP contribution in [-0.4, -0.2) is 86.0 Å². The maximum absolute atomic E-state index is 13.4. The summed E-state index contributed by atoms with van der Waals surface area (Å²) in [7, 11) is 0. The molecule has 0 fully saturated rings. The molecule has 13 nitrogen and oxygen atoms in total. The van der Waals surface area contributed by atoms with Gasteiger partial charge in [-0.2, -0.15) is 4.91 Å². The summed E-state index contributed by atoms with van der Waals surface area (Å²) in [5.74, 6) is 0. The van der Waals surface area contributed by atoms with Gasteiger partial charge in [0.1, 0.15) is 0 Å². The predicted molar refractivity (Wildman–Crippen MR) is 146 cm³/mol. The van der Waals surface area contributed by atoms with Crippen molar-refractivity contribution in [1.29, 1.82) is 0 Å². The van der Waals surface area contributed by atoms with Gasteiger partial charge >= 0.3 is 18.2 Å². The summed E-state index contributed by atoms with van der Waals surface area (Å²) >= 11 is 0. The van der Waals surface area contributed by atoms with E-state index in [1.807, 2.05) is 6.92 Å². The van der Waals surface area contributed by atoms with Crippen LogP contribution in [-0.2, 0) is 14.3 Å². The monoisotopic (exact) mass is 552 g/mol. The topological polar surface area (TPSA) is 167 Å². The molecule has 1 N–H and O–H groups in total. The minimum absolute atomic E-state index is 0.0938. The number of aliphatic imine (C=N–C) groups is 2. The third-order valence-corrected chi connectivity index (χ3v) is 5.74. The molecule has 0 bridgehead atoms. The molecule has 0 unspecified atom stereocenters. The average molecular weight is 553 g/mol. The first kappa shape index (κ1) is 35.6. The van der Waals surface area contributed by atoms with Crippen molar-refractivity contribution in [3.05, 3.63) is 4.91 Å². The molecule has 0 saturated heterocycles. The van der Waals surface area contributed by atoms with Crippen LogP contribution in [0.25, 0.3) is 0 Å². The van der Waals surface area contributed by atoms with Gasteiger partial charge < -0.3 is 10.1 Å². The van der Waals surface area contributed by atoms with Crippen molar-refractivity contribution in [3.8, 4) is 0 Å². The molecule has 13 heteroatoms. The van der Waals surface area contributed by atoms with E-state index >= 15 is 0 Å². The van der Waals surface area contributed by atoms with E-state index in [2.05, 4.69) is 20.5 Å². The number of unbranched alkanes of at least 4 members (excludes halogenated alkanes) is 9. The zero-order valence-electron chi connectivity index (χ0n) is 23.2. The first-order chi connectivity index (χ1) is 19.0. The normalized spacial score (nSPS) is 10.1. The van der Waals surface area contributed by atoms with Crippen molar-refractivity contribution in [2.45, 2.75) is 90.4 Å². The van der Waals surface area contributed by atoms with Crippen molar-refractivity contribution in [2.24, 2.45) is 15.2 Å². The summed E-state index contributed by atoms with van der Waals surface area (Å²) in [4.78, 5) is 78.8. The first-order valence-corrected chi connectivity index (χ1v) is 13.9. The zero-order valence-corrected chi connectivity index (χ0v) is 23.2. The van der Waals surface area contributed by atoms with Crippen LogP contribution < -0.4 is 5.32 Å². The van der Waals surface area contributed by atoms with Crippen LogP contribution in [0, 0.1) is 4.91 Å². The average Bonchev–Trinajstić information content (AvgIpc) is 2.93. The number of ether oxygens (including phenoxy) is 1. The summed E-state index contributed by atoms with van der Waals surface area (Å²) in [6.45, 7) is 3.60. The fraction of sp³-hybridized carbons (Fsp3) is 0.808. The van der Waals surface area contributed by atoms with Crippen molar-refractivity contribution in [1.82, 2.24) is 15.1 Å². The van der Waals surface area contributed by atoms with Gasteiger partial charge in [0.05, 0.1) is 26.2 Å². The highest BCUT2D eigenvalue weighted by Gasteiger charge is 2.31. The first-order valence-electron chi connectivity index (χ1n) is 13.9. The molecule has 0 rings (SSSR count). The number of rotatable bonds is 23. The van der Waals surface area contributed by atoms with Gasteiger partial charge in [-0.05, 0) is 44.9 Å². The lowest BCUT2D eigenvalue weighted by Crippen LogP contribution is -2.52. The van der Waals surface area contributed by atoms with E-state index < -0.39 is 18.2 Å². The van der Waals surface area contributed by atoms with Gasteiger partial charge in [-0.15, -0.1) is 0 Å². The Labute approximate surface area is 230 Å². The quantitative estimate of drug-likeness (QED) is 0.0797. The van der Waals surface area contributed by atoms with E-state index in [1.54, 1.807) is 0 Å². The number of carbonyl (C=O) groups excluding carboxylic acids is 5. The van der Waals surface area contributed by atoms with E-state index in [0.717, 1.165) is 35.5 Å². The largest absolute Gasteiger partial charge is 0.449 e. The second kappa shape index (κ2) is 26.2. The SMILES string of the molecule is CCCOC(=O)N(CCCCCCN=C=O)C(=O)N(CCCCCCN=C=O)C(=O)NCCCCCCN=O. The standard InChI is InChI=1S/C26H44N6O7/c1-2-21-39-26(37)32(20-14-8-6-10-16-28-23-34)25(36)31(19-13-7-5-9-15-27-22-33)24(35)29-17-11-3-4-12-18-30-38/h2-21H2,1H3,(H,29,35). The van der Waals surface area contributed by atoms with E-state index in [0.29, 0.717) is 77.4 Å². The van der Waals surface area contributed by atoms with Gasteiger partial charge in [-0.3, -0.25) is 0 Å². The van der Waals surface area contributed by atoms with E-state index in [9.17, 15) is 28.9 Å². The van der Waals surface area contributed by atoms with E-state index in [1.165, 1.54) is 12.2 Å².